The Labute approximate surface area is 94.0 Å². The molecule has 0 radical (unpaired) electrons. The van der Waals surface area contributed by atoms with Gasteiger partial charge in [-0.25, -0.2) is 4.39 Å². The number of halogens is 1. The molecule has 4 heteroatoms. The Balaban J connectivity index is 2.32. The van der Waals surface area contributed by atoms with Gasteiger partial charge in [0.25, 0.3) is 0 Å². The van der Waals surface area contributed by atoms with Gasteiger partial charge in [-0.1, -0.05) is 26.3 Å². The molecule has 1 heterocycles. The number of nitrogens with one attached hydrogen (secondary N) is 2. The van der Waals surface area contributed by atoms with Gasteiger partial charge in [0, 0.05) is 0 Å². The first-order valence-electron chi connectivity index (χ1n) is 5.49. The van der Waals surface area contributed by atoms with Crippen LogP contribution in [0.25, 0.3) is 0 Å². The van der Waals surface area contributed by atoms with Crippen molar-refractivity contribution in [1.82, 2.24) is 0 Å². The lowest BCUT2D eigenvalue weighted by Gasteiger charge is -2.30. The van der Waals surface area contributed by atoms with Crippen molar-refractivity contribution in [2.75, 3.05) is 10.6 Å². The van der Waals surface area contributed by atoms with E-state index in [0.29, 0.717) is 5.69 Å². The molecule has 0 bridgehead atoms. The van der Waals surface area contributed by atoms with E-state index in [2.05, 4.69) is 10.6 Å². The maximum Gasteiger partial charge on any atom is 0.247 e. The van der Waals surface area contributed by atoms with Crippen molar-refractivity contribution in [3.05, 3.63) is 24.0 Å². The van der Waals surface area contributed by atoms with Crippen LogP contribution in [0.3, 0.4) is 0 Å². The van der Waals surface area contributed by atoms with Gasteiger partial charge in [0.15, 0.2) is 0 Å². The minimum Gasteiger partial charge on any atom is -0.372 e. The number of benzene rings is 1. The lowest BCUT2D eigenvalue weighted by atomic mass is 9.96. The lowest BCUT2D eigenvalue weighted by Crippen LogP contribution is -2.43. The first-order valence-corrected chi connectivity index (χ1v) is 5.49. The zero-order chi connectivity index (χ0) is 11.7. The number of carbonyl (C=O) groups is 1. The average Bonchev–Trinajstić information content (AvgIpc) is 2.29. The first-order chi connectivity index (χ1) is 7.63. The van der Waals surface area contributed by atoms with Crippen molar-refractivity contribution >= 4 is 17.3 Å². The smallest absolute Gasteiger partial charge is 0.247 e. The highest BCUT2D eigenvalue weighted by Crippen LogP contribution is 2.31. The highest BCUT2D eigenvalue weighted by Gasteiger charge is 2.30. The molecule has 2 rings (SSSR count). The van der Waals surface area contributed by atoms with E-state index in [1.165, 1.54) is 6.07 Å². The fourth-order valence-electron chi connectivity index (χ4n) is 1.84. The van der Waals surface area contributed by atoms with Gasteiger partial charge in [-0.2, -0.15) is 0 Å². The maximum atomic E-state index is 13.4. The minimum atomic E-state index is -0.402. The molecule has 16 heavy (non-hydrogen) atoms. The summed E-state index contributed by atoms with van der Waals surface area (Å²) in [6.07, 6.45) is 0.899. The summed E-state index contributed by atoms with van der Waals surface area (Å²) in [6.45, 7) is 4.03. The van der Waals surface area contributed by atoms with Crippen molar-refractivity contribution in [3.8, 4) is 0 Å². The van der Waals surface area contributed by atoms with Gasteiger partial charge in [0.05, 0.1) is 5.69 Å². The molecule has 0 fully saturated rings. The summed E-state index contributed by atoms with van der Waals surface area (Å²) in [4.78, 5) is 11.8. The molecule has 0 aromatic heterocycles. The Hall–Kier alpha value is -1.58. The van der Waals surface area contributed by atoms with Crippen LogP contribution in [0.1, 0.15) is 20.3 Å². The second kappa shape index (κ2) is 4.12. The van der Waals surface area contributed by atoms with Crippen LogP contribution in [0, 0.1) is 11.7 Å². The zero-order valence-corrected chi connectivity index (χ0v) is 9.38. The quantitative estimate of drug-likeness (QED) is 0.807. The predicted molar refractivity (Wildman–Crippen MR) is 61.9 cm³/mol. The molecule has 1 aliphatic heterocycles. The van der Waals surface area contributed by atoms with Crippen LogP contribution >= 0.6 is 0 Å². The van der Waals surface area contributed by atoms with Crippen molar-refractivity contribution in [1.29, 1.82) is 0 Å². The van der Waals surface area contributed by atoms with Crippen LogP contribution < -0.4 is 10.6 Å². The van der Waals surface area contributed by atoms with Gasteiger partial charge in [-0.15, -0.1) is 0 Å². The van der Waals surface area contributed by atoms with Crippen LogP contribution in [-0.4, -0.2) is 11.9 Å². The topological polar surface area (TPSA) is 41.1 Å². The maximum absolute atomic E-state index is 13.4. The number of amides is 1. The second-order valence-electron chi connectivity index (χ2n) is 4.16. The molecule has 1 aromatic rings. The molecule has 0 saturated carbocycles. The van der Waals surface area contributed by atoms with E-state index in [0.717, 1.165) is 6.42 Å². The number of hydrogen-bond acceptors (Lipinski definition) is 2. The molecule has 0 aliphatic carbocycles. The third-order valence-electron chi connectivity index (χ3n) is 3.07. The van der Waals surface area contributed by atoms with Gasteiger partial charge in [0.2, 0.25) is 5.91 Å². The highest BCUT2D eigenvalue weighted by atomic mass is 19.1. The summed E-state index contributed by atoms with van der Waals surface area (Å²) >= 11 is 0. The van der Waals surface area contributed by atoms with Crippen molar-refractivity contribution in [2.24, 2.45) is 5.92 Å². The summed E-state index contributed by atoms with van der Waals surface area (Å²) in [5.41, 5.74) is 0.914. The van der Waals surface area contributed by atoms with E-state index < -0.39 is 5.82 Å². The predicted octanol–water partition coefficient (Wildman–Crippen LogP) is 2.60. The van der Waals surface area contributed by atoms with Gasteiger partial charge in [-0.3, -0.25) is 4.79 Å². The molecular weight excluding hydrogens is 207 g/mol. The van der Waals surface area contributed by atoms with E-state index in [-0.39, 0.29) is 23.6 Å². The number of para-hydroxylation sites is 1. The Morgan fingerprint density at radius 1 is 1.50 bits per heavy atom. The zero-order valence-electron chi connectivity index (χ0n) is 9.38. The molecule has 0 saturated heterocycles. The molecule has 3 nitrogen and oxygen atoms in total. The van der Waals surface area contributed by atoms with Crippen molar-refractivity contribution in [2.45, 2.75) is 26.3 Å². The number of carbonyl (C=O) groups excluding carboxylic acids is 1. The molecule has 0 unspecified atom stereocenters. The summed E-state index contributed by atoms with van der Waals surface area (Å²) in [5, 5.41) is 5.70. The number of fused-ring (bicyclic) bond motifs is 1. The van der Waals surface area contributed by atoms with Crippen molar-refractivity contribution in [3.63, 3.8) is 0 Å². The second-order valence-corrected chi connectivity index (χ2v) is 4.16. The van der Waals surface area contributed by atoms with Crippen molar-refractivity contribution < 1.29 is 9.18 Å². The molecule has 1 aromatic carbocycles. The number of anilines is 2. The Morgan fingerprint density at radius 2 is 2.25 bits per heavy atom. The van der Waals surface area contributed by atoms with Gasteiger partial charge >= 0.3 is 0 Å². The van der Waals surface area contributed by atoms with E-state index in [1.54, 1.807) is 12.1 Å². The van der Waals surface area contributed by atoms with Crippen LogP contribution in [0.15, 0.2) is 18.2 Å². The summed E-state index contributed by atoms with van der Waals surface area (Å²) < 4.78 is 13.4. The van der Waals surface area contributed by atoms with E-state index in [9.17, 15) is 9.18 Å². The minimum absolute atomic E-state index is 0.160. The molecule has 2 N–H and O–H groups in total. The molecular formula is C12H15FN2O. The third-order valence-corrected chi connectivity index (χ3v) is 3.07. The highest BCUT2D eigenvalue weighted by molar-refractivity contribution is 6.03. The standard InChI is InChI=1S/C12H15FN2O/c1-3-7(2)10-12(16)15-11-8(13)5-4-6-9(11)14-10/h4-7,10,14H,3H2,1-2H3,(H,15,16)/t7-,10-/m0/s1. The third kappa shape index (κ3) is 1.75. The fraction of sp³-hybridized carbons (Fsp3) is 0.417. The lowest BCUT2D eigenvalue weighted by molar-refractivity contribution is -0.118. The summed E-state index contributed by atoms with van der Waals surface area (Å²) in [7, 11) is 0. The summed E-state index contributed by atoms with van der Waals surface area (Å²) in [5.74, 6) is -0.343. The monoisotopic (exact) mass is 222 g/mol. The SMILES string of the molecule is CC[C@H](C)[C@@H]1Nc2cccc(F)c2NC1=O. The van der Waals surface area contributed by atoms with Crippen LogP contribution in [0.5, 0.6) is 0 Å². The molecule has 1 amide bonds. The Morgan fingerprint density at radius 3 is 2.94 bits per heavy atom. The Kier molecular flexibility index (Phi) is 2.81. The number of hydrogen-bond donors (Lipinski definition) is 2. The molecule has 86 valence electrons. The van der Waals surface area contributed by atoms with Gasteiger partial charge in [0.1, 0.15) is 17.5 Å². The van der Waals surface area contributed by atoms with Crippen LogP contribution in [0.2, 0.25) is 0 Å². The molecule has 0 spiro atoms. The summed E-state index contributed by atoms with van der Waals surface area (Å²) in [6, 6.07) is 4.46. The first kappa shape index (κ1) is 10.9. The van der Waals surface area contributed by atoms with Crippen LogP contribution in [0.4, 0.5) is 15.8 Å². The fourth-order valence-corrected chi connectivity index (χ4v) is 1.84. The largest absolute Gasteiger partial charge is 0.372 e. The normalized spacial score (nSPS) is 20.7. The van der Waals surface area contributed by atoms with E-state index >= 15 is 0 Å². The van der Waals surface area contributed by atoms with Crippen LogP contribution in [-0.2, 0) is 4.79 Å². The number of rotatable bonds is 2. The van der Waals surface area contributed by atoms with E-state index in [1.807, 2.05) is 13.8 Å². The van der Waals surface area contributed by atoms with Gasteiger partial charge < -0.3 is 10.6 Å². The molecule has 2 atom stereocenters. The van der Waals surface area contributed by atoms with E-state index in [4.69, 9.17) is 0 Å². The molecule has 1 aliphatic rings. The van der Waals surface area contributed by atoms with Gasteiger partial charge in [-0.05, 0) is 18.1 Å². The Bertz CT molecular complexity index is 419. The average molecular weight is 222 g/mol.